The van der Waals surface area contributed by atoms with E-state index in [0.717, 1.165) is 16.4 Å². The van der Waals surface area contributed by atoms with Gasteiger partial charge >= 0.3 is 0 Å². The number of ether oxygens (including phenoxy) is 1. The fourth-order valence-corrected chi connectivity index (χ4v) is 2.62. The third kappa shape index (κ3) is 3.75. The number of hydrogen-bond acceptors (Lipinski definition) is 6. The summed E-state index contributed by atoms with van der Waals surface area (Å²) in [5, 5.41) is 5.60. The first-order valence-corrected chi connectivity index (χ1v) is 7.45. The van der Waals surface area contributed by atoms with Gasteiger partial charge in [0.15, 0.2) is 0 Å². The number of nitrogens with zero attached hydrogens (tertiary/aromatic N) is 3. The average Bonchev–Trinajstić information content (AvgIpc) is 2.91. The lowest BCUT2D eigenvalue weighted by molar-refractivity contribution is -0.122. The second kappa shape index (κ2) is 6.62. The molecular weight excluding hydrogens is 288 g/mol. The first-order valence-electron chi connectivity index (χ1n) is 6.57. The lowest BCUT2D eigenvalue weighted by Crippen LogP contribution is -2.28. The summed E-state index contributed by atoms with van der Waals surface area (Å²) in [6.07, 6.45) is 1.65. The molecule has 0 aromatic carbocycles. The summed E-state index contributed by atoms with van der Waals surface area (Å²) in [6, 6.07) is 0. The Morgan fingerprint density at radius 2 is 2.14 bits per heavy atom. The molecule has 2 aromatic heterocycles. The largest absolute Gasteiger partial charge is 0.480 e. The van der Waals surface area contributed by atoms with Crippen LogP contribution >= 0.6 is 11.3 Å². The van der Waals surface area contributed by atoms with E-state index >= 15 is 0 Å². The molecule has 2 aromatic rings. The third-order valence-corrected chi connectivity index (χ3v) is 4.10. The molecule has 0 radical (unpaired) electrons. The number of methoxy groups -OCH3 is 1. The molecule has 0 saturated heterocycles. The second-order valence-electron chi connectivity index (χ2n) is 4.73. The van der Waals surface area contributed by atoms with Gasteiger partial charge in [-0.2, -0.15) is 0 Å². The molecule has 1 amide bonds. The topological polar surface area (TPSA) is 77.0 Å². The van der Waals surface area contributed by atoms with E-state index in [1.54, 1.807) is 6.20 Å². The van der Waals surface area contributed by atoms with E-state index in [-0.39, 0.29) is 18.4 Å². The van der Waals surface area contributed by atoms with Gasteiger partial charge in [-0.15, -0.1) is 11.3 Å². The van der Waals surface area contributed by atoms with Crippen LogP contribution in [-0.4, -0.2) is 28.0 Å². The molecule has 1 unspecified atom stereocenters. The Hall–Kier alpha value is -2.02. The zero-order chi connectivity index (χ0) is 15.4. The summed E-state index contributed by atoms with van der Waals surface area (Å²) in [6.45, 7) is 5.87. The van der Waals surface area contributed by atoms with Crippen LogP contribution in [0.15, 0.2) is 11.6 Å². The fraction of sp³-hybridized carbons (Fsp3) is 0.429. The molecule has 0 saturated carbocycles. The minimum Gasteiger partial charge on any atom is -0.480 e. The highest BCUT2D eigenvalue weighted by atomic mass is 32.1. The molecule has 2 heterocycles. The monoisotopic (exact) mass is 306 g/mol. The SMILES string of the molecule is COc1nc(C)cnc1CNC(=O)C(C)c1nc(C)cs1. The lowest BCUT2D eigenvalue weighted by atomic mass is 10.2. The molecule has 2 rings (SSSR count). The zero-order valence-electron chi connectivity index (χ0n) is 12.5. The maximum absolute atomic E-state index is 12.2. The molecule has 1 N–H and O–H groups in total. The molecule has 0 aliphatic rings. The zero-order valence-corrected chi connectivity index (χ0v) is 13.3. The Labute approximate surface area is 127 Å². The van der Waals surface area contributed by atoms with E-state index in [1.807, 2.05) is 26.2 Å². The molecule has 1 atom stereocenters. The Morgan fingerprint density at radius 1 is 1.38 bits per heavy atom. The van der Waals surface area contributed by atoms with E-state index in [4.69, 9.17) is 4.74 Å². The van der Waals surface area contributed by atoms with Crippen molar-refractivity contribution < 1.29 is 9.53 Å². The molecule has 0 aliphatic carbocycles. The summed E-state index contributed by atoms with van der Waals surface area (Å²) in [5.74, 6) is 0.0647. The molecule has 0 bridgehead atoms. The highest BCUT2D eigenvalue weighted by Gasteiger charge is 2.19. The first-order chi connectivity index (χ1) is 10.0. The van der Waals surface area contributed by atoms with Gasteiger partial charge in [-0.05, 0) is 20.8 Å². The number of rotatable bonds is 5. The van der Waals surface area contributed by atoms with Crippen molar-refractivity contribution in [2.75, 3.05) is 7.11 Å². The molecule has 0 aliphatic heterocycles. The Morgan fingerprint density at radius 3 is 2.76 bits per heavy atom. The van der Waals surface area contributed by atoms with Gasteiger partial charge in [-0.1, -0.05) is 0 Å². The van der Waals surface area contributed by atoms with Gasteiger partial charge in [-0.3, -0.25) is 9.78 Å². The predicted octanol–water partition coefficient (Wildman–Crippen LogP) is 1.98. The summed E-state index contributed by atoms with van der Waals surface area (Å²) in [4.78, 5) is 25.0. The van der Waals surface area contributed by atoms with Gasteiger partial charge in [0, 0.05) is 17.3 Å². The lowest BCUT2D eigenvalue weighted by Gasteiger charge is -2.11. The van der Waals surface area contributed by atoms with Gasteiger partial charge in [0.1, 0.15) is 10.7 Å². The van der Waals surface area contributed by atoms with Crippen molar-refractivity contribution in [3.63, 3.8) is 0 Å². The van der Waals surface area contributed by atoms with Crippen LogP contribution in [0.3, 0.4) is 0 Å². The van der Waals surface area contributed by atoms with E-state index < -0.39 is 0 Å². The Kier molecular flexibility index (Phi) is 4.85. The highest BCUT2D eigenvalue weighted by molar-refractivity contribution is 7.09. The van der Waals surface area contributed by atoms with E-state index in [2.05, 4.69) is 20.3 Å². The highest BCUT2D eigenvalue weighted by Crippen LogP contribution is 2.20. The second-order valence-corrected chi connectivity index (χ2v) is 5.62. The van der Waals surface area contributed by atoms with Crippen LogP contribution in [0, 0.1) is 13.8 Å². The maximum atomic E-state index is 12.2. The molecule has 0 fully saturated rings. The maximum Gasteiger partial charge on any atom is 0.237 e. The van der Waals surface area contributed by atoms with Crippen molar-refractivity contribution in [3.8, 4) is 5.88 Å². The average molecular weight is 306 g/mol. The number of amides is 1. The van der Waals surface area contributed by atoms with Crippen LogP contribution < -0.4 is 10.1 Å². The van der Waals surface area contributed by atoms with Crippen molar-refractivity contribution >= 4 is 17.2 Å². The molecular formula is C14H18N4O2S. The standard InChI is InChI=1S/C14H18N4O2S/c1-8-5-15-11(13(17-8)20-4)6-16-12(19)10(3)14-18-9(2)7-21-14/h5,7,10H,6H2,1-4H3,(H,16,19). The Balaban J connectivity index is 2.01. The van der Waals surface area contributed by atoms with Crippen LogP contribution in [0.2, 0.25) is 0 Å². The molecule has 6 nitrogen and oxygen atoms in total. The summed E-state index contributed by atoms with van der Waals surface area (Å²) < 4.78 is 5.17. The number of nitrogens with one attached hydrogen (secondary N) is 1. The van der Waals surface area contributed by atoms with Crippen LogP contribution in [0.25, 0.3) is 0 Å². The number of carbonyl (C=O) groups is 1. The number of thiazole rings is 1. The minimum absolute atomic E-state index is 0.0891. The van der Waals surface area contributed by atoms with Crippen LogP contribution in [0.4, 0.5) is 0 Å². The fourth-order valence-electron chi connectivity index (χ4n) is 1.77. The van der Waals surface area contributed by atoms with Crippen molar-refractivity contribution in [3.05, 3.63) is 33.7 Å². The smallest absolute Gasteiger partial charge is 0.237 e. The van der Waals surface area contributed by atoms with Crippen LogP contribution in [-0.2, 0) is 11.3 Å². The third-order valence-electron chi connectivity index (χ3n) is 2.96. The van der Waals surface area contributed by atoms with Gasteiger partial charge in [0.2, 0.25) is 11.8 Å². The first kappa shape index (κ1) is 15.4. The molecule has 0 spiro atoms. The number of hydrogen-bond donors (Lipinski definition) is 1. The summed E-state index contributed by atoms with van der Waals surface area (Å²) in [5.41, 5.74) is 2.31. The van der Waals surface area contributed by atoms with Crippen LogP contribution in [0.5, 0.6) is 5.88 Å². The van der Waals surface area contributed by atoms with Crippen molar-refractivity contribution in [2.45, 2.75) is 33.2 Å². The van der Waals surface area contributed by atoms with Gasteiger partial charge in [0.05, 0.1) is 25.3 Å². The summed E-state index contributed by atoms with van der Waals surface area (Å²) in [7, 11) is 1.54. The normalized spacial score (nSPS) is 12.0. The van der Waals surface area contributed by atoms with Gasteiger partial charge < -0.3 is 10.1 Å². The number of carbonyl (C=O) groups excluding carboxylic acids is 1. The predicted molar refractivity (Wildman–Crippen MR) is 80.4 cm³/mol. The Bertz CT molecular complexity index is 642. The van der Waals surface area contributed by atoms with E-state index in [9.17, 15) is 4.79 Å². The van der Waals surface area contributed by atoms with Gasteiger partial charge in [0.25, 0.3) is 0 Å². The molecule has 112 valence electrons. The molecule has 21 heavy (non-hydrogen) atoms. The minimum atomic E-state index is -0.284. The molecule has 7 heteroatoms. The number of aromatic nitrogens is 3. The quantitative estimate of drug-likeness (QED) is 0.914. The van der Waals surface area contributed by atoms with Crippen molar-refractivity contribution in [1.82, 2.24) is 20.3 Å². The van der Waals surface area contributed by atoms with Crippen LogP contribution in [0.1, 0.15) is 34.9 Å². The van der Waals surface area contributed by atoms with E-state index in [1.165, 1.54) is 18.4 Å². The van der Waals surface area contributed by atoms with Crippen molar-refractivity contribution in [2.24, 2.45) is 0 Å². The van der Waals surface area contributed by atoms with Gasteiger partial charge in [-0.25, -0.2) is 9.97 Å². The number of aryl methyl sites for hydroxylation is 2. The van der Waals surface area contributed by atoms with E-state index in [0.29, 0.717) is 11.6 Å². The summed E-state index contributed by atoms with van der Waals surface area (Å²) >= 11 is 1.49. The van der Waals surface area contributed by atoms with Crippen molar-refractivity contribution in [1.29, 1.82) is 0 Å².